The molecule has 4 aliphatic rings. The van der Waals surface area contributed by atoms with Gasteiger partial charge in [-0.15, -0.1) is 0 Å². The number of methoxy groups -OCH3 is 2. The molecule has 0 aromatic carbocycles. The van der Waals surface area contributed by atoms with Crippen LogP contribution in [0.25, 0.3) is 0 Å². The molecular weight excluding hydrogens is 390 g/mol. The van der Waals surface area contributed by atoms with Gasteiger partial charge in [0.1, 0.15) is 0 Å². The molecule has 0 spiro atoms. The number of ether oxygens (including phenoxy) is 3. The molecule has 5 heteroatoms. The lowest BCUT2D eigenvalue weighted by Crippen LogP contribution is -2.50. The van der Waals surface area contributed by atoms with Gasteiger partial charge in [-0.1, -0.05) is 19.3 Å². The average molecular weight is 437 g/mol. The van der Waals surface area contributed by atoms with E-state index in [1.165, 1.54) is 44.9 Å². The van der Waals surface area contributed by atoms with Gasteiger partial charge in [0.05, 0.1) is 18.1 Å². The molecule has 1 saturated heterocycles. The lowest BCUT2D eigenvalue weighted by Gasteiger charge is -2.41. The van der Waals surface area contributed by atoms with Crippen LogP contribution in [0, 0.1) is 17.8 Å². The molecule has 0 aromatic rings. The van der Waals surface area contributed by atoms with Crippen molar-refractivity contribution in [3.63, 3.8) is 0 Å². The Kier molecular flexibility index (Phi) is 8.70. The van der Waals surface area contributed by atoms with Crippen LogP contribution in [0.5, 0.6) is 0 Å². The molecule has 4 rings (SSSR count). The van der Waals surface area contributed by atoms with Gasteiger partial charge in [0.2, 0.25) is 5.91 Å². The van der Waals surface area contributed by atoms with Crippen molar-refractivity contribution in [2.75, 3.05) is 14.2 Å². The van der Waals surface area contributed by atoms with Gasteiger partial charge in [0.15, 0.2) is 12.2 Å². The third-order valence-corrected chi connectivity index (χ3v) is 8.95. The Morgan fingerprint density at radius 3 is 1.65 bits per heavy atom. The Morgan fingerprint density at radius 1 is 0.710 bits per heavy atom. The van der Waals surface area contributed by atoms with Crippen LogP contribution in [0.1, 0.15) is 96.3 Å². The zero-order chi connectivity index (χ0) is 21.6. The highest BCUT2D eigenvalue weighted by atomic mass is 16.5. The summed E-state index contributed by atoms with van der Waals surface area (Å²) < 4.78 is 16.7. The molecule has 1 heterocycles. The molecule has 178 valence electrons. The van der Waals surface area contributed by atoms with Gasteiger partial charge in [-0.2, -0.15) is 0 Å². The van der Waals surface area contributed by atoms with E-state index < -0.39 is 0 Å². The molecule has 5 nitrogen and oxygen atoms in total. The molecule has 4 fully saturated rings. The number of hydrogen-bond donors (Lipinski definition) is 1. The van der Waals surface area contributed by atoms with Crippen LogP contribution >= 0.6 is 0 Å². The Morgan fingerprint density at radius 2 is 1.19 bits per heavy atom. The molecule has 0 bridgehead atoms. The zero-order valence-electron chi connectivity index (χ0n) is 19.9. The van der Waals surface area contributed by atoms with Gasteiger partial charge in [-0.05, 0) is 64.2 Å². The standard InChI is InChI=1S/C26H45NO4/c1-29-22-12-8-18(9-13-22)24-16-20(26(28)27-21-6-4-3-5-7-21)17-25(31-24)19-10-14-23(30-2)15-11-19/h18-25H,3-17H2,1-2H3,(H,27,28)/p+1. The van der Waals surface area contributed by atoms with E-state index in [1.54, 1.807) is 0 Å². The fraction of sp³-hybridized carbons (Fsp3) is 0.962. The fourth-order valence-electron chi connectivity index (χ4n) is 6.87. The quantitative estimate of drug-likeness (QED) is 0.623. The monoisotopic (exact) mass is 436 g/mol. The summed E-state index contributed by atoms with van der Waals surface area (Å²) in [7, 11) is 3.68. The predicted molar refractivity (Wildman–Crippen MR) is 123 cm³/mol. The third-order valence-electron chi connectivity index (χ3n) is 8.95. The first-order chi connectivity index (χ1) is 15.2. The van der Waals surface area contributed by atoms with Crippen LogP contribution in [0.4, 0.5) is 0 Å². The second kappa shape index (κ2) is 11.5. The van der Waals surface area contributed by atoms with Gasteiger partial charge in [-0.3, -0.25) is 4.79 Å². The summed E-state index contributed by atoms with van der Waals surface area (Å²) in [4.78, 5) is 13.3. The molecular formula is C26H46NO4+. The summed E-state index contributed by atoms with van der Waals surface area (Å²) in [6.07, 6.45) is 19.1. The lowest BCUT2D eigenvalue weighted by atomic mass is 9.74. The van der Waals surface area contributed by atoms with Gasteiger partial charge in [-0.25, -0.2) is 0 Å². The topological polar surface area (TPSA) is 60.4 Å². The minimum absolute atomic E-state index is 0.148. The number of amides is 1. The summed E-state index contributed by atoms with van der Waals surface area (Å²) >= 11 is 0. The number of nitrogens with one attached hydrogen (secondary N) is 1. The van der Waals surface area contributed by atoms with Crippen LogP contribution in [0.2, 0.25) is 0 Å². The van der Waals surface area contributed by atoms with Crippen LogP contribution in [0.3, 0.4) is 0 Å². The summed E-state index contributed by atoms with van der Waals surface area (Å²) in [6.45, 7) is 0. The number of carbonyl (C=O) groups excluding carboxylic acids is 1. The van der Waals surface area contributed by atoms with Gasteiger partial charge in [0.25, 0.3) is 0 Å². The van der Waals surface area contributed by atoms with Crippen molar-refractivity contribution in [1.82, 2.24) is 5.32 Å². The van der Waals surface area contributed by atoms with E-state index in [9.17, 15) is 4.79 Å². The Bertz CT molecular complexity index is 516. The second-order valence-electron chi connectivity index (χ2n) is 10.8. The average Bonchev–Trinajstić information content (AvgIpc) is 2.84. The van der Waals surface area contributed by atoms with Crippen molar-refractivity contribution < 1.29 is 19.0 Å². The van der Waals surface area contributed by atoms with Crippen molar-refractivity contribution in [2.24, 2.45) is 17.8 Å². The summed E-state index contributed by atoms with van der Waals surface area (Å²) in [6, 6.07) is 0.409. The van der Waals surface area contributed by atoms with E-state index in [4.69, 9.17) is 14.2 Å². The Labute approximate surface area is 189 Å². The van der Waals surface area contributed by atoms with Crippen molar-refractivity contribution in [2.45, 2.75) is 127 Å². The molecule has 31 heavy (non-hydrogen) atoms. The van der Waals surface area contributed by atoms with Crippen molar-refractivity contribution >= 4 is 5.91 Å². The molecule has 2 atom stereocenters. The van der Waals surface area contributed by atoms with Gasteiger partial charge < -0.3 is 19.5 Å². The zero-order valence-corrected chi connectivity index (χ0v) is 19.9. The molecule has 2 unspecified atom stereocenters. The number of aliphatic hydroxyl groups is 2. The van der Waals surface area contributed by atoms with Crippen LogP contribution < -0.4 is 5.32 Å². The second-order valence-corrected chi connectivity index (χ2v) is 10.8. The summed E-state index contributed by atoms with van der Waals surface area (Å²) in [5.41, 5.74) is 0. The highest BCUT2D eigenvalue weighted by molar-refractivity contribution is 5.79. The number of rotatable bonds is 6. The molecule has 3 aliphatic carbocycles. The maximum atomic E-state index is 13.3. The fourth-order valence-corrected chi connectivity index (χ4v) is 6.87. The lowest BCUT2D eigenvalue weighted by molar-refractivity contribution is -0.243. The van der Waals surface area contributed by atoms with Crippen LogP contribution in [-0.2, 0) is 14.3 Å². The van der Waals surface area contributed by atoms with Gasteiger partial charge in [0, 0.05) is 44.9 Å². The highest BCUT2D eigenvalue weighted by Gasteiger charge is 2.45. The predicted octanol–water partition coefficient (Wildman–Crippen LogP) is 4.52. The van der Waals surface area contributed by atoms with Crippen molar-refractivity contribution in [3.05, 3.63) is 0 Å². The van der Waals surface area contributed by atoms with E-state index in [0.29, 0.717) is 48.2 Å². The minimum atomic E-state index is 0.148. The highest BCUT2D eigenvalue weighted by Crippen LogP contribution is 2.40. The van der Waals surface area contributed by atoms with Crippen molar-refractivity contribution in [1.29, 1.82) is 0 Å². The van der Waals surface area contributed by atoms with E-state index >= 15 is 0 Å². The minimum Gasteiger partial charge on any atom is -0.429 e. The first-order valence-electron chi connectivity index (χ1n) is 13.2. The molecule has 1 aliphatic heterocycles. The third kappa shape index (κ3) is 6.23. The first kappa shape index (κ1) is 23.5. The maximum Gasteiger partial charge on any atom is 0.223 e. The summed E-state index contributed by atoms with van der Waals surface area (Å²) in [5, 5.41) is 3.45. The van der Waals surface area contributed by atoms with Crippen molar-refractivity contribution in [3.8, 4) is 0 Å². The van der Waals surface area contributed by atoms with E-state index in [-0.39, 0.29) is 5.92 Å². The van der Waals surface area contributed by atoms with E-state index in [2.05, 4.69) is 5.32 Å². The molecule has 0 aromatic heterocycles. The SMILES string of the molecule is COC1CCC(C2CC(C(=O)NC3CCCCC3)CC(C3CCC(OC)CC3)[OH+]2)CC1. The van der Waals surface area contributed by atoms with Crippen LogP contribution in [0.15, 0.2) is 0 Å². The van der Waals surface area contributed by atoms with Gasteiger partial charge >= 0.3 is 0 Å². The molecule has 2 N–H and O–H groups in total. The molecule has 1 amide bonds. The van der Waals surface area contributed by atoms with E-state index in [1.807, 2.05) is 14.2 Å². The van der Waals surface area contributed by atoms with E-state index in [0.717, 1.165) is 51.4 Å². The number of hydrogen-bond acceptors (Lipinski definition) is 3. The first-order valence-corrected chi connectivity index (χ1v) is 13.2. The Hall–Kier alpha value is -0.650. The largest absolute Gasteiger partial charge is 0.429 e. The smallest absolute Gasteiger partial charge is 0.223 e. The maximum absolute atomic E-state index is 13.3. The molecule has 0 radical (unpaired) electrons. The van der Waals surface area contributed by atoms with Crippen LogP contribution in [-0.4, -0.2) is 55.3 Å². The normalized spacial score (nSPS) is 40.4. The summed E-state index contributed by atoms with van der Waals surface area (Å²) in [5.74, 6) is 1.74. The molecule has 3 saturated carbocycles. The number of carbonyl (C=O) groups is 1. The Balaban J connectivity index is 1.39.